The van der Waals surface area contributed by atoms with Crippen molar-refractivity contribution < 1.29 is 9.53 Å². The smallest absolute Gasteiger partial charge is 0.415 e. The fourth-order valence-electron chi connectivity index (χ4n) is 0.794. The summed E-state index contributed by atoms with van der Waals surface area (Å²) in [6, 6.07) is 8.40. The Bertz CT molecular complexity index is 339. The number of aryl methyl sites for hydroxylation is 1. The zero-order valence-corrected chi connectivity index (χ0v) is 6.57. The van der Waals surface area contributed by atoms with E-state index in [9.17, 15) is 4.79 Å². The van der Waals surface area contributed by atoms with E-state index in [1.807, 2.05) is 6.07 Å². The van der Waals surface area contributed by atoms with Crippen molar-refractivity contribution in [1.29, 1.82) is 5.26 Å². The lowest BCUT2D eigenvalue weighted by atomic mass is 10.2. The van der Waals surface area contributed by atoms with E-state index in [0.29, 0.717) is 5.75 Å². The summed E-state index contributed by atoms with van der Waals surface area (Å²) in [6.45, 7) is 1.81. The fraction of sp³-hybridized carbons (Fsp3) is 0.111. The molecule has 0 spiro atoms. The molecule has 0 amide bonds. The Labute approximate surface area is 70.2 Å². The molecule has 1 aromatic rings. The number of rotatable bonds is 1. The third-order valence-corrected chi connectivity index (χ3v) is 1.39. The van der Waals surface area contributed by atoms with E-state index in [2.05, 4.69) is 0 Å². The molecule has 0 aliphatic rings. The summed E-state index contributed by atoms with van der Waals surface area (Å²) >= 11 is 0. The lowest BCUT2D eigenvalue weighted by Gasteiger charge is -2.01. The van der Waals surface area contributed by atoms with Crippen LogP contribution in [0.2, 0.25) is 0 Å². The Hall–Kier alpha value is -1.82. The minimum absolute atomic E-state index is 0.434. The van der Waals surface area contributed by atoms with E-state index in [1.54, 1.807) is 25.1 Å². The van der Waals surface area contributed by atoms with Gasteiger partial charge in [0.1, 0.15) is 5.75 Å². The number of hydrogen-bond donors (Lipinski definition) is 0. The zero-order chi connectivity index (χ0) is 8.97. The van der Waals surface area contributed by atoms with Crippen molar-refractivity contribution in [2.24, 2.45) is 0 Å². The molecule has 1 aromatic carbocycles. The second-order valence-corrected chi connectivity index (χ2v) is 2.27. The van der Waals surface area contributed by atoms with Gasteiger partial charge in [0.2, 0.25) is 0 Å². The summed E-state index contributed by atoms with van der Waals surface area (Å²) in [4.78, 5) is 10.6. The first-order valence-corrected chi connectivity index (χ1v) is 3.41. The number of esters is 1. The molecular formula is C9H7NO2. The molecule has 0 atom stereocenters. The molecule has 0 saturated heterocycles. The van der Waals surface area contributed by atoms with Gasteiger partial charge in [-0.2, -0.15) is 5.26 Å². The maximum absolute atomic E-state index is 10.6. The van der Waals surface area contributed by atoms with Gasteiger partial charge in [-0.05, 0) is 18.6 Å². The molecule has 3 nitrogen and oxygen atoms in total. The van der Waals surface area contributed by atoms with E-state index in [0.717, 1.165) is 5.56 Å². The monoisotopic (exact) mass is 161 g/mol. The zero-order valence-electron chi connectivity index (χ0n) is 6.57. The Kier molecular flexibility index (Phi) is 2.44. The van der Waals surface area contributed by atoms with Gasteiger partial charge in [-0.1, -0.05) is 18.2 Å². The van der Waals surface area contributed by atoms with Crippen molar-refractivity contribution in [1.82, 2.24) is 0 Å². The van der Waals surface area contributed by atoms with Crippen molar-refractivity contribution in [3.05, 3.63) is 29.8 Å². The molecule has 1 rings (SSSR count). The van der Waals surface area contributed by atoms with Crippen LogP contribution >= 0.6 is 0 Å². The average Bonchev–Trinajstić information content (AvgIpc) is 2.09. The number of hydrogen-bond acceptors (Lipinski definition) is 3. The third-order valence-electron chi connectivity index (χ3n) is 1.39. The van der Waals surface area contributed by atoms with Gasteiger partial charge in [0.05, 0.1) is 0 Å². The highest BCUT2D eigenvalue weighted by Gasteiger charge is 2.03. The van der Waals surface area contributed by atoms with Crippen molar-refractivity contribution in [3.63, 3.8) is 0 Å². The van der Waals surface area contributed by atoms with Crippen LogP contribution in [0.1, 0.15) is 5.56 Å². The van der Waals surface area contributed by atoms with Crippen LogP contribution in [0.4, 0.5) is 0 Å². The molecule has 0 N–H and O–H groups in total. The number of benzene rings is 1. The van der Waals surface area contributed by atoms with E-state index in [-0.39, 0.29) is 0 Å². The Morgan fingerprint density at radius 2 is 2.17 bits per heavy atom. The van der Waals surface area contributed by atoms with Crippen LogP contribution in [0.5, 0.6) is 5.75 Å². The van der Waals surface area contributed by atoms with Crippen molar-refractivity contribution in [3.8, 4) is 11.8 Å². The molecular weight excluding hydrogens is 154 g/mol. The summed E-state index contributed by atoms with van der Waals surface area (Å²) in [7, 11) is 0. The molecule has 3 heteroatoms. The molecule has 0 aliphatic carbocycles. The van der Waals surface area contributed by atoms with Crippen molar-refractivity contribution >= 4 is 5.97 Å². The van der Waals surface area contributed by atoms with E-state index in [1.165, 1.54) is 6.07 Å². The first-order valence-electron chi connectivity index (χ1n) is 3.41. The summed E-state index contributed by atoms with van der Waals surface area (Å²) in [6.07, 6.45) is 0. The Balaban J connectivity index is 2.84. The maximum Gasteiger partial charge on any atom is 0.416 e. The molecule has 0 bridgehead atoms. The minimum atomic E-state index is -0.885. The molecule has 0 heterocycles. The molecule has 12 heavy (non-hydrogen) atoms. The van der Waals surface area contributed by atoms with Crippen LogP contribution in [-0.2, 0) is 4.79 Å². The Morgan fingerprint density at radius 1 is 1.50 bits per heavy atom. The summed E-state index contributed by atoms with van der Waals surface area (Å²) < 4.78 is 4.69. The molecule has 0 radical (unpaired) electrons. The number of carbonyl (C=O) groups is 1. The normalized spacial score (nSPS) is 8.67. The first-order chi connectivity index (χ1) is 5.74. The minimum Gasteiger partial charge on any atom is -0.415 e. The highest BCUT2D eigenvalue weighted by atomic mass is 16.5. The second kappa shape index (κ2) is 3.54. The van der Waals surface area contributed by atoms with Gasteiger partial charge in [-0.25, -0.2) is 4.79 Å². The topological polar surface area (TPSA) is 50.1 Å². The summed E-state index contributed by atoms with van der Waals surface area (Å²) in [5.41, 5.74) is 0.834. The number of nitrogens with zero attached hydrogens (tertiary/aromatic N) is 1. The standard InChI is InChI=1S/C9H7NO2/c1-7-4-2-3-5-8(7)12-9(11)6-10/h2-5H,1H3. The maximum atomic E-state index is 10.6. The van der Waals surface area contributed by atoms with Crippen LogP contribution in [0.25, 0.3) is 0 Å². The molecule has 0 aromatic heterocycles. The average molecular weight is 161 g/mol. The third kappa shape index (κ3) is 1.83. The van der Waals surface area contributed by atoms with Gasteiger partial charge < -0.3 is 4.74 Å². The van der Waals surface area contributed by atoms with E-state index in [4.69, 9.17) is 10.00 Å². The SMILES string of the molecule is Cc1ccccc1OC(=O)C#N. The highest BCUT2D eigenvalue weighted by molar-refractivity contribution is 5.87. The van der Waals surface area contributed by atoms with Crippen LogP contribution in [0.15, 0.2) is 24.3 Å². The van der Waals surface area contributed by atoms with Crippen LogP contribution < -0.4 is 4.74 Å². The van der Waals surface area contributed by atoms with E-state index < -0.39 is 5.97 Å². The van der Waals surface area contributed by atoms with Crippen molar-refractivity contribution in [2.45, 2.75) is 6.92 Å². The first kappa shape index (κ1) is 8.28. The predicted octanol–water partition coefficient (Wildman–Crippen LogP) is 1.42. The fourth-order valence-corrected chi connectivity index (χ4v) is 0.794. The van der Waals surface area contributed by atoms with Crippen molar-refractivity contribution in [2.75, 3.05) is 0 Å². The van der Waals surface area contributed by atoms with Gasteiger partial charge in [-0.3, -0.25) is 0 Å². The van der Waals surface area contributed by atoms with Gasteiger partial charge in [0.15, 0.2) is 6.07 Å². The molecule has 0 fully saturated rings. The molecule has 60 valence electrons. The quantitative estimate of drug-likeness (QED) is 0.355. The predicted molar refractivity (Wildman–Crippen MR) is 42.4 cm³/mol. The molecule has 0 aliphatic heterocycles. The number of nitriles is 1. The number of carbonyl (C=O) groups excluding carboxylic acids is 1. The van der Waals surface area contributed by atoms with Crippen LogP contribution in [0, 0.1) is 18.3 Å². The number of ether oxygens (including phenoxy) is 1. The lowest BCUT2D eigenvalue weighted by molar-refractivity contribution is -0.128. The van der Waals surface area contributed by atoms with Gasteiger partial charge >= 0.3 is 5.97 Å². The summed E-state index contributed by atoms with van der Waals surface area (Å²) in [5, 5.41) is 8.16. The van der Waals surface area contributed by atoms with Gasteiger partial charge in [0, 0.05) is 0 Å². The van der Waals surface area contributed by atoms with Crippen LogP contribution in [0.3, 0.4) is 0 Å². The number of para-hydroxylation sites is 1. The Morgan fingerprint density at radius 3 is 2.75 bits per heavy atom. The largest absolute Gasteiger partial charge is 0.416 e. The second-order valence-electron chi connectivity index (χ2n) is 2.27. The van der Waals surface area contributed by atoms with E-state index >= 15 is 0 Å². The van der Waals surface area contributed by atoms with Gasteiger partial charge in [0.25, 0.3) is 0 Å². The molecule has 0 unspecified atom stereocenters. The summed E-state index contributed by atoms with van der Waals surface area (Å²) in [5.74, 6) is -0.451. The van der Waals surface area contributed by atoms with Crippen LogP contribution in [-0.4, -0.2) is 5.97 Å². The lowest BCUT2D eigenvalue weighted by Crippen LogP contribution is -2.04. The molecule has 0 saturated carbocycles. The highest BCUT2D eigenvalue weighted by Crippen LogP contribution is 2.15. The van der Waals surface area contributed by atoms with Gasteiger partial charge in [-0.15, -0.1) is 0 Å².